The largest absolute Gasteiger partial charge is 0.356 e. The summed E-state index contributed by atoms with van der Waals surface area (Å²) in [7, 11) is 0. The Morgan fingerprint density at radius 1 is 1.18 bits per heavy atom. The van der Waals surface area contributed by atoms with Crippen LogP contribution in [0.4, 0.5) is 0 Å². The highest BCUT2D eigenvalue weighted by Crippen LogP contribution is 2.11. The third kappa shape index (κ3) is 4.71. The Bertz CT molecular complexity index is 603. The molecule has 1 aromatic heterocycles. The number of hydrogen-bond acceptors (Lipinski definition) is 2. The van der Waals surface area contributed by atoms with Crippen LogP contribution in [-0.2, 0) is 13.1 Å². The van der Waals surface area contributed by atoms with E-state index in [1.165, 1.54) is 5.56 Å². The van der Waals surface area contributed by atoms with Gasteiger partial charge >= 0.3 is 0 Å². The van der Waals surface area contributed by atoms with Gasteiger partial charge in [-0.05, 0) is 46.2 Å². The Hall–Kier alpha value is -1.59. The summed E-state index contributed by atoms with van der Waals surface area (Å²) in [4.78, 5) is 17.2. The van der Waals surface area contributed by atoms with Gasteiger partial charge in [0.25, 0.3) is 5.91 Å². The van der Waals surface area contributed by atoms with E-state index in [-0.39, 0.29) is 5.91 Å². The molecule has 118 valence electrons. The van der Waals surface area contributed by atoms with Gasteiger partial charge in [-0.3, -0.25) is 9.69 Å². The second kappa shape index (κ2) is 8.15. The summed E-state index contributed by atoms with van der Waals surface area (Å²) in [6.45, 7) is 7.95. The topological polar surface area (TPSA) is 48.1 Å². The van der Waals surface area contributed by atoms with Crippen molar-refractivity contribution in [1.82, 2.24) is 15.2 Å². The molecule has 0 aliphatic carbocycles. The summed E-state index contributed by atoms with van der Waals surface area (Å²) in [5.41, 5.74) is 2.96. The first kappa shape index (κ1) is 16.8. The summed E-state index contributed by atoms with van der Waals surface area (Å²) in [5.74, 6) is -0.0992. The predicted molar refractivity (Wildman–Crippen MR) is 92.7 cm³/mol. The fourth-order valence-corrected chi connectivity index (χ4v) is 2.59. The zero-order valence-corrected chi connectivity index (χ0v) is 14.6. The summed E-state index contributed by atoms with van der Waals surface area (Å²) in [6.07, 6.45) is 1.75. The molecule has 0 fully saturated rings. The van der Waals surface area contributed by atoms with Gasteiger partial charge in [0, 0.05) is 23.8 Å². The van der Waals surface area contributed by atoms with E-state index < -0.39 is 0 Å². The molecule has 1 amide bonds. The molecule has 0 saturated carbocycles. The van der Waals surface area contributed by atoms with Crippen molar-refractivity contribution in [3.05, 3.63) is 57.8 Å². The maximum atomic E-state index is 12.0. The first-order chi connectivity index (χ1) is 10.6. The molecule has 22 heavy (non-hydrogen) atoms. The van der Waals surface area contributed by atoms with Crippen molar-refractivity contribution < 1.29 is 4.79 Å². The van der Waals surface area contributed by atoms with Crippen molar-refractivity contribution in [3.8, 4) is 0 Å². The Morgan fingerprint density at radius 3 is 2.36 bits per heavy atom. The van der Waals surface area contributed by atoms with E-state index in [2.05, 4.69) is 69.2 Å². The van der Waals surface area contributed by atoms with Crippen LogP contribution in [-0.4, -0.2) is 28.9 Å². The molecule has 0 bridgehead atoms. The van der Waals surface area contributed by atoms with Crippen molar-refractivity contribution in [1.29, 1.82) is 0 Å². The zero-order valence-electron chi connectivity index (χ0n) is 13.0. The summed E-state index contributed by atoms with van der Waals surface area (Å²) >= 11 is 3.32. The molecule has 1 heterocycles. The number of aromatic nitrogens is 1. The highest BCUT2D eigenvalue weighted by molar-refractivity contribution is 9.10. The van der Waals surface area contributed by atoms with Crippen molar-refractivity contribution >= 4 is 21.8 Å². The van der Waals surface area contributed by atoms with Gasteiger partial charge in [-0.15, -0.1) is 0 Å². The van der Waals surface area contributed by atoms with E-state index in [0.717, 1.165) is 29.7 Å². The average Bonchev–Trinajstić information content (AvgIpc) is 2.98. The Morgan fingerprint density at radius 2 is 1.82 bits per heavy atom. The van der Waals surface area contributed by atoms with Gasteiger partial charge < -0.3 is 10.3 Å². The highest BCUT2D eigenvalue weighted by Gasteiger charge is 2.07. The number of hydrogen-bond donors (Lipinski definition) is 2. The molecule has 5 heteroatoms. The molecular formula is C17H22BrN3O. The van der Waals surface area contributed by atoms with Crippen molar-refractivity contribution in [2.45, 2.75) is 26.9 Å². The molecule has 0 saturated heterocycles. The van der Waals surface area contributed by atoms with Gasteiger partial charge in [0.15, 0.2) is 0 Å². The molecule has 0 aliphatic rings. The second-order valence-electron chi connectivity index (χ2n) is 5.19. The van der Waals surface area contributed by atoms with Crippen LogP contribution in [0, 0.1) is 0 Å². The normalized spacial score (nSPS) is 10.9. The molecule has 1 aromatic carbocycles. The highest BCUT2D eigenvalue weighted by atomic mass is 79.9. The van der Waals surface area contributed by atoms with Crippen LogP contribution in [0.25, 0.3) is 0 Å². The van der Waals surface area contributed by atoms with E-state index >= 15 is 0 Å². The van der Waals surface area contributed by atoms with E-state index in [1.54, 1.807) is 12.3 Å². The lowest BCUT2D eigenvalue weighted by Crippen LogP contribution is -2.23. The van der Waals surface area contributed by atoms with Gasteiger partial charge in [0.2, 0.25) is 0 Å². The third-order valence-electron chi connectivity index (χ3n) is 3.67. The smallest absolute Gasteiger partial charge is 0.267 e. The standard InChI is InChI=1S/C17H22BrN3O/c1-3-21(4-2)12-14-7-5-13(6-8-14)10-20-17(22)16-9-15(18)11-19-16/h5-9,11,19H,3-4,10,12H2,1-2H3,(H,20,22). The lowest BCUT2D eigenvalue weighted by atomic mass is 10.1. The van der Waals surface area contributed by atoms with E-state index in [1.807, 2.05) is 0 Å². The van der Waals surface area contributed by atoms with Crippen LogP contribution in [0.5, 0.6) is 0 Å². The number of H-pyrrole nitrogens is 1. The molecule has 0 spiro atoms. The van der Waals surface area contributed by atoms with Crippen LogP contribution in [0.3, 0.4) is 0 Å². The van der Waals surface area contributed by atoms with Gasteiger partial charge in [-0.1, -0.05) is 38.1 Å². The van der Waals surface area contributed by atoms with Gasteiger partial charge in [0.1, 0.15) is 5.69 Å². The van der Waals surface area contributed by atoms with Gasteiger partial charge in [-0.2, -0.15) is 0 Å². The number of halogens is 1. The van der Waals surface area contributed by atoms with Crippen molar-refractivity contribution in [2.75, 3.05) is 13.1 Å². The van der Waals surface area contributed by atoms with E-state index in [4.69, 9.17) is 0 Å². The molecule has 0 aliphatic heterocycles. The first-order valence-electron chi connectivity index (χ1n) is 7.54. The van der Waals surface area contributed by atoms with Crippen molar-refractivity contribution in [2.24, 2.45) is 0 Å². The lowest BCUT2D eigenvalue weighted by molar-refractivity contribution is 0.0946. The van der Waals surface area contributed by atoms with Crippen LogP contribution in [0.1, 0.15) is 35.5 Å². The first-order valence-corrected chi connectivity index (χ1v) is 8.34. The molecule has 0 atom stereocenters. The summed E-state index contributed by atoms with van der Waals surface area (Å²) < 4.78 is 0.874. The molecular weight excluding hydrogens is 342 g/mol. The minimum Gasteiger partial charge on any atom is -0.356 e. The maximum Gasteiger partial charge on any atom is 0.267 e. The Labute approximate surface area is 140 Å². The lowest BCUT2D eigenvalue weighted by Gasteiger charge is -2.18. The minimum absolute atomic E-state index is 0.0992. The number of rotatable bonds is 7. The maximum absolute atomic E-state index is 12.0. The van der Waals surface area contributed by atoms with Crippen LogP contribution >= 0.6 is 15.9 Å². The summed E-state index contributed by atoms with van der Waals surface area (Å²) in [6, 6.07) is 10.2. The number of aromatic amines is 1. The van der Waals surface area contributed by atoms with Gasteiger partial charge in [0.05, 0.1) is 0 Å². The number of nitrogens with one attached hydrogen (secondary N) is 2. The number of carbonyl (C=O) groups is 1. The number of carbonyl (C=O) groups excluding carboxylic acids is 1. The average molecular weight is 364 g/mol. The second-order valence-corrected chi connectivity index (χ2v) is 6.11. The third-order valence-corrected chi connectivity index (χ3v) is 4.13. The predicted octanol–water partition coefficient (Wildman–Crippen LogP) is 3.55. The Kier molecular flexibility index (Phi) is 6.21. The van der Waals surface area contributed by atoms with E-state index in [0.29, 0.717) is 12.2 Å². The van der Waals surface area contributed by atoms with Crippen LogP contribution < -0.4 is 5.32 Å². The molecule has 2 rings (SSSR count). The molecule has 2 aromatic rings. The van der Waals surface area contributed by atoms with E-state index in [9.17, 15) is 4.79 Å². The zero-order chi connectivity index (χ0) is 15.9. The fourth-order valence-electron chi connectivity index (χ4n) is 2.24. The Balaban J connectivity index is 1.87. The number of amides is 1. The fraction of sp³-hybridized carbons (Fsp3) is 0.353. The van der Waals surface area contributed by atoms with Gasteiger partial charge in [-0.25, -0.2) is 0 Å². The molecule has 4 nitrogen and oxygen atoms in total. The molecule has 0 unspecified atom stereocenters. The quantitative estimate of drug-likeness (QED) is 0.790. The molecule has 0 radical (unpaired) electrons. The minimum atomic E-state index is -0.0992. The van der Waals surface area contributed by atoms with Crippen LogP contribution in [0.2, 0.25) is 0 Å². The molecule has 2 N–H and O–H groups in total. The number of nitrogens with zero attached hydrogens (tertiary/aromatic N) is 1. The van der Waals surface area contributed by atoms with Crippen LogP contribution in [0.15, 0.2) is 41.0 Å². The monoisotopic (exact) mass is 363 g/mol. The van der Waals surface area contributed by atoms with Crippen molar-refractivity contribution in [3.63, 3.8) is 0 Å². The SMILES string of the molecule is CCN(CC)Cc1ccc(CNC(=O)c2cc(Br)c[nH]2)cc1. The summed E-state index contributed by atoms with van der Waals surface area (Å²) in [5, 5.41) is 2.91. The number of benzene rings is 1.